The number of ether oxygens (including phenoxy) is 2. The van der Waals surface area contributed by atoms with Crippen molar-refractivity contribution in [3.8, 4) is 0 Å². The second kappa shape index (κ2) is 8.04. The summed E-state index contributed by atoms with van der Waals surface area (Å²) < 4.78 is 11.4. The van der Waals surface area contributed by atoms with E-state index in [4.69, 9.17) is 9.47 Å². The first-order chi connectivity index (χ1) is 7.35. The molecule has 0 aliphatic rings. The van der Waals surface area contributed by atoms with Gasteiger partial charge in [0.1, 0.15) is 0 Å². The monoisotopic (exact) mass is 231 g/mol. The molecule has 3 heteroatoms. The van der Waals surface area contributed by atoms with E-state index in [1.54, 1.807) is 0 Å². The highest BCUT2D eigenvalue weighted by Gasteiger charge is 2.15. The first-order valence-electron chi connectivity index (χ1n) is 6.34. The van der Waals surface area contributed by atoms with Crippen molar-refractivity contribution in [2.45, 2.75) is 65.7 Å². The summed E-state index contributed by atoms with van der Waals surface area (Å²) in [4.78, 5) is 0. The molecule has 1 atom stereocenters. The molecule has 0 aliphatic heterocycles. The molecule has 0 radical (unpaired) electrons. The molecule has 0 bridgehead atoms. The minimum atomic E-state index is -0.0794. The zero-order valence-corrected chi connectivity index (χ0v) is 11.8. The van der Waals surface area contributed by atoms with Crippen molar-refractivity contribution in [1.82, 2.24) is 5.32 Å². The fourth-order valence-corrected chi connectivity index (χ4v) is 1.17. The van der Waals surface area contributed by atoms with Crippen molar-refractivity contribution in [2.75, 3.05) is 19.8 Å². The van der Waals surface area contributed by atoms with E-state index in [1.807, 2.05) is 0 Å². The third kappa shape index (κ3) is 10.4. The topological polar surface area (TPSA) is 30.5 Å². The van der Waals surface area contributed by atoms with Crippen LogP contribution in [0.2, 0.25) is 0 Å². The number of nitrogens with one attached hydrogen (secondary N) is 1. The molecule has 3 nitrogen and oxygen atoms in total. The minimum absolute atomic E-state index is 0.0794. The first kappa shape index (κ1) is 15.9. The summed E-state index contributed by atoms with van der Waals surface area (Å²) in [6.07, 6.45) is 1.41. The highest BCUT2D eigenvalue weighted by Crippen LogP contribution is 2.07. The lowest BCUT2D eigenvalue weighted by Crippen LogP contribution is -2.41. The zero-order valence-electron chi connectivity index (χ0n) is 11.8. The summed E-state index contributed by atoms with van der Waals surface area (Å²) in [5.74, 6) is 0. The van der Waals surface area contributed by atoms with E-state index in [-0.39, 0.29) is 11.7 Å². The Labute approximate surface area is 101 Å². The van der Waals surface area contributed by atoms with Crippen LogP contribution in [-0.2, 0) is 9.47 Å². The Bertz CT molecular complexity index is 164. The smallest absolute Gasteiger partial charge is 0.0649 e. The molecule has 0 aromatic heterocycles. The van der Waals surface area contributed by atoms with Crippen molar-refractivity contribution < 1.29 is 9.47 Å². The average molecular weight is 231 g/mol. The summed E-state index contributed by atoms with van der Waals surface area (Å²) in [5, 5.41) is 3.45. The van der Waals surface area contributed by atoms with Crippen molar-refractivity contribution in [3.05, 3.63) is 0 Å². The molecule has 0 amide bonds. The summed E-state index contributed by atoms with van der Waals surface area (Å²) in [5.41, 5.74) is -0.0794. The number of rotatable bonds is 8. The lowest BCUT2D eigenvalue weighted by atomic mass is 10.2. The highest BCUT2D eigenvalue weighted by atomic mass is 16.5. The van der Waals surface area contributed by atoms with Crippen molar-refractivity contribution in [3.63, 3.8) is 0 Å². The molecule has 0 heterocycles. The van der Waals surface area contributed by atoms with Gasteiger partial charge in [0.25, 0.3) is 0 Å². The zero-order chi connectivity index (χ0) is 12.6. The van der Waals surface area contributed by atoms with Crippen LogP contribution in [0.3, 0.4) is 0 Å². The van der Waals surface area contributed by atoms with E-state index in [2.05, 4.69) is 46.9 Å². The highest BCUT2D eigenvalue weighted by molar-refractivity contribution is 4.69. The normalized spacial score (nSPS) is 14.4. The van der Waals surface area contributed by atoms with Gasteiger partial charge < -0.3 is 14.8 Å². The van der Waals surface area contributed by atoms with E-state index in [0.717, 1.165) is 13.0 Å². The quantitative estimate of drug-likeness (QED) is 0.696. The molecule has 0 aromatic carbocycles. The van der Waals surface area contributed by atoms with Crippen LogP contribution in [0.15, 0.2) is 0 Å². The van der Waals surface area contributed by atoms with Gasteiger partial charge in [-0.2, -0.15) is 0 Å². The molecule has 0 aromatic rings. The lowest BCUT2D eigenvalue weighted by Gasteiger charge is -2.25. The van der Waals surface area contributed by atoms with Gasteiger partial charge in [0.15, 0.2) is 0 Å². The molecule has 0 fully saturated rings. The first-order valence-corrected chi connectivity index (χ1v) is 6.34. The van der Waals surface area contributed by atoms with E-state index in [9.17, 15) is 0 Å². The molecule has 16 heavy (non-hydrogen) atoms. The lowest BCUT2D eigenvalue weighted by molar-refractivity contribution is -0.0341. The van der Waals surface area contributed by atoms with Gasteiger partial charge in [-0.15, -0.1) is 0 Å². The van der Waals surface area contributed by atoms with Gasteiger partial charge in [0.2, 0.25) is 0 Å². The Morgan fingerprint density at radius 2 is 1.75 bits per heavy atom. The number of hydrogen-bond donors (Lipinski definition) is 1. The summed E-state index contributed by atoms with van der Waals surface area (Å²) in [7, 11) is 0. The molecule has 0 aliphatic carbocycles. The van der Waals surface area contributed by atoms with Gasteiger partial charge in [0.05, 0.1) is 31.0 Å². The van der Waals surface area contributed by atoms with Crippen LogP contribution in [0.5, 0.6) is 0 Å². The van der Waals surface area contributed by atoms with Gasteiger partial charge in [-0.05, 0) is 47.6 Å². The standard InChI is InChI=1S/C13H29NO2/c1-7-8-14-12(9-15-11(2)3)10-16-13(4,5)6/h11-12,14H,7-10H2,1-6H3. The van der Waals surface area contributed by atoms with Crippen LogP contribution in [0.4, 0.5) is 0 Å². The fourth-order valence-electron chi connectivity index (χ4n) is 1.17. The van der Waals surface area contributed by atoms with Crippen molar-refractivity contribution in [1.29, 1.82) is 0 Å². The molecule has 0 saturated heterocycles. The summed E-state index contributed by atoms with van der Waals surface area (Å²) in [6, 6.07) is 0.293. The van der Waals surface area contributed by atoms with E-state index in [1.165, 1.54) is 0 Å². The summed E-state index contributed by atoms with van der Waals surface area (Å²) >= 11 is 0. The minimum Gasteiger partial charge on any atom is -0.377 e. The van der Waals surface area contributed by atoms with Crippen molar-refractivity contribution >= 4 is 0 Å². The van der Waals surface area contributed by atoms with Gasteiger partial charge >= 0.3 is 0 Å². The predicted octanol–water partition coefficient (Wildman–Crippen LogP) is 2.59. The van der Waals surface area contributed by atoms with E-state index < -0.39 is 0 Å². The fraction of sp³-hybridized carbons (Fsp3) is 1.00. The maximum absolute atomic E-state index is 5.78. The second-order valence-corrected chi connectivity index (χ2v) is 5.46. The maximum Gasteiger partial charge on any atom is 0.0649 e. The largest absolute Gasteiger partial charge is 0.377 e. The van der Waals surface area contributed by atoms with E-state index in [0.29, 0.717) is 19.3 Å². The third-order valence-corrected chi connectivity index (χ3v) is 2.03. The molecule has 1 N–H and O–H groups in total. The SMILES string of the molecule is CCCNC(COC(C)C)COC(C)(C)C. The number of hydrogen-bond acceptors (Lipinski definition) is 3. The van der Waals surface area contributed by atoms with Crippen LogP contribution in [0, 0.1) is 0 Å². The Hall–Kier alpha value is -0.120. The van der Waals surface area contributed by atoms with Gasteiger partial charge in [-0.25, -0.2) is 0 Å². The van der Waals surface area contributed by atoms with E-state index >= 15 is 0 Å². The Balaban J connectivity index is 3.89. The Morgan fingerprint density at radius 3 is 2.19 bits per heavy atom. The van der Waals surface area contributed by atoms with Crippen molar-refractivity contribution in [2.24, 2.45) is 0 Å². The van der Waals surface area contributed by atoms with Crippen LogP contribution < -0.4 is 5.32 Å². The van der Waals surface area contributed by atoms with Gasteiger partial charge in [-0.3, -0.25) is 0 Å². The molecular weight excluding hydrogens is 202 g/mol. The molecule has 0 rings (SSSR count). The average Bonchev–Trinajstić information content (AvgIpc) is 2.15. The van der Waals surface area contributed by atoms with Crippen LogP contribution in [0.25, 0.3) is 0 Å². The molecular formula is C13H29NO2. The third-order valence-electron chi connectivity index (χ3n) is 2.03. The predicted molar refractivity (Wildman–Crippen MR) is 68.9 cm³/mol. The summed E-state index contributed by atoms with van der Waals surface area (Å²) in [6.45, 7) is 14.9. The Kier molecular flexibility index (Phi) is 7.98. The second-order valence-electron chi connectivity index (χ2n) is 5.46. The van der Waals surface area contributed by atoms with Crippen LogP contribution in [0.1, 0.15) is 48.0 Å². The molecule has 98 valence electrons. The molecule has 1 unspecified atom stereocenters. The molecule has 0 spiro atoms. The van der Waals surface area contributed by atoms with Gasteiger partial charge in [0, 0.05) is 0 Å². The maximum atomic E-state index is 5.78. The Morgan fingerprint density at radius 1 is 1.12 bits per heavy atom. The van der Waals surface area contributed by atoms with Crippen LogP contribution >= 0.6 is 0 Å². The van der Waals surface area contributed by atoms with Gasteiger partial charge in [-0.1, -0.05) is 6.92 Å². The van der Waals surface area contributed by atoms with Crippen LogP contribution in [-0.4, -0.2) is 37.5 Å². The molecule has 0 saturated carbocycles.